The molecule has 6 nitrogen and oxygen atoms in total. The molecule has 0 heterocycles. The second-order valence-corrected chi connectivity index (χ2v) is 2.18. The van der Waals surface area contributed by atoms with E-state index in [1.165, 1.54) is 0 Å². The van der Waals surface area contributed by atoms with E-state index in [0.29, 0.717) is 0 Å². The van der Waals surface area contributed by atoms with E-state index in [0.717, 1.165) is 0 Å². The molecule has 0 rings (SSSR count). The molecule has 0 bridgehead atoms. The summed E-state index contributed by atoms with van der Waals surface area (Å²) in [6.07, 6.45) is 0.237. The van der Waals surface area contributed by atoms with Crippen LogP contribution in [0.25, 0.3) is 0 Å². The normalized spacial score (nSPS) is 11.7. The van der Waals surface area contributed by atoms with Crippen molar-refractivity contribution in [1.82, 2.24) is 5.32 Å². The summed E-state index contributed by atoms with van der Waals surface area (Å²) in [6, 6.07) is -1.03. The number of carbonyl (C=O) groups is 3. The lowest BCUT2D eigenvalue weighted by Crippen LogP contribution is -2.36. The standard InChI is InChI=1S/C6H10N2O4/c7-5(10)2-1-4(6(11)12)8-3-9/h3-4H,1-2H2,(H2,7,10)(H,8,9)(H,11,12)/t4-/m1/s1. The van der Waals surface area contributed by atoms with Gasteiger partial charge in [-0.2, -0.15) is 0 Å². The Kier molecular flexibility index (Phi) is 4.43. The molecule has 2 amide bonds. The number of carboxylic acids is 1. The van der Waals surface area contributed by atoms with Crippen molar-refractivity contribution in [3.05, 3.63) is 0 Å². The Morgan fingerprint density at radius 1 is 1.58 bits per heavy atom. The number of carbonyl (C=O) groups excluding carboxylic acids is 2. The second kappa shape index (κ2) is 5.11. The van der Waals surface area contributed by atoms with Gasteiger partial charge in [0.15, 0.2) is 0 Å². The fourth-order valence-corrected chi connectivity index (χ4v) is 0.647. The first kappa shape index (κ1) is 10.4. The molecular weight excluding hydrogens is 164 g/mol. The topological polar surface area (TPSA) is 109 Å². The van der Waals surface area contributed by atoms with E-state index in [1.807, 2.05) is 5.32 Å². The summed E-state index contributed by atoms with van der Waals surface area (Å²) in [5, 5.41) is 10.5. The zero-order chi connectivity index (χ0) is 9.56. The Balaban J connectivity index is 3.86. The fourth-order valence-electron chi connectivity index (χ4n) is 0.647. The lowest BCUT2D eigenvalue weighted by atomic mass is 10.1. The molecule has 0 fully saturated rings. The smallest absolute Gasteiger partial charge is 0.326 e. The Morgan fingerprint density at radius 2 is 2.17 bits per heavy atom. The summed E-state index contributed by atoms with van der Waals surface area (Å²) in [5.74, 6) is -1.77. The molecule has 0 saturated carbocycles. The van der Waals surface area contributed by atoms with Gasteiger partial charge in [-0.15, -0.1) is 0 Å². The van der Waals surface area contributed by atoms with Gasteiger partial charge in [-0.3, -0.25) is 9.59 Å². The van der Waals surface area contributed by atoms with Gasteiger partial charge in [0.25, 0.3) is 0 Å². The van der Waals surface area contributed by atoms with E-state index in [4.69, 9.17) is 10.8 Å². The van der Waals surface area contributed by atoms with Crippen LogP contribution in [-0.4, -0.2) is 29.4 Å². The summed E-state index contributed by atoms with van der Waals surface area (Å²) < 4.78 is 0. The Hall–Kier alpha value is -1.59. The van der Waals surface area contributed by atoms with E-state index < -0.39 is 17.9 Å². The molecule has 68 valence electrons. The van der Waals surface area contributed by atoms with Crippen LogP contribution in [0.4, 0.5) is 0 Å². The average Bonchev–Trinajstić information content (AvgIpc) is 1.96. The highest BCUT2D eigenvalue weighted by molar-refractivity contribution is 5.78. The summed E-state index contributed by atoms with van der Waals surface area (Å²) in [4.78, 5) is 30.4. The van der Waals surface area contributed by atoms with E-state index in [9.17, 15) is 14.4 Å². The van der Waals surface area contributed by atoms with Crippen LogP contribution in [0.3, 0.4) is 0 Å². The molecule has 1 atom stereocenters. The van der Waals surface area contributed by atoms with Gasteiger partial charge in [-0.1, -0.05) is 0 Å². The molecule has 0 aliphatic heterocycles. The van der Waals surface area contributed by atoms with Gasteiger partial charge in [0.2, 0.25) is 12.3 Å². The van der Waals surface area contributed by atoms with Crippen LogP contribution in [0.15, 0.2) is 0 Å². The number of hydrogen-bond acceptors (Lipinski definition) is 3. The van der Waals surface area contributed by atoms with Gasteiger partial charge in [-0.05, 0) is 6.42 Å². The fraction of sp³-hybridized carbons (Fsp3) is 0.500. The number of nitrogens with two attached hydrogens (primary N) is 1. The molecule has 0 aromatic heterocycles. The van der Waals surface area contributed by atoms with Crippen molar-refractivity contribution in [3.63, 3.8) is 0 Å². The Morgan fingerprint density at radius 3 is 2.50 bits per heavy atom. The zero-order valence-corrected chi connectivity index (χ0v) is 6.32. The van der Waals surface area contributed by atoms with Crippen molar-refractivity contribution in [2.45, 2.75) is 18.9 Å². The quantitative estimate of drug-likeness (QED) is 0.423. The highest BCUT2D eigenvalue weighted by Crippen LogP contribution is 1.95. The summed E-state index contributed by atoms with van der Waals surface area (Å²) in [5.41, 5.74) is 4.79. The summed E-state index contributed by atoms with van der Waals surface area (Å²) in [7, 11) is 0. The van der Waals surface area contributed by atoms with E-state index in [1.54, 1.807) is 0 Å². The minimum Gasteiger partial charge on any atom is -0.480 e. The number of hydrogen-bond donors (Lipinski definition) is 3. The number of amides is 2. The second-order valence-electron chi connectivity index (χ2n) is 2.18. The molecule has 0 radical (unpaired) electrons. The molecule has 0 spiro atoms. The number of primary amides is 1. The van der Waals surface area contributed by atoms with Crippen molar-refractivity contribution in [2.24, 2.45) is 5.73 Å². The van der Waals surface area contributed by atoms with E-state index >= 15 is 0 Å². The molecular formula is C6H10N2O4. The maximum absolute atomic E-state index is 10.3. The minimum atomic E-state index is -1.18. The average molecular weight is 174 g/mol. The minimum absolute atomic E-state index is 0.0173. The van der Waals surface area contributed by atoms with Crippen molar-refractivity contribution in [1.29, 1.82) is 0 Å². The van der Waals surface area contributed by atoms with Crippen molar-refractivity contribution in [3.8, 4) is 0 Å². The maximum Gasteiger partial charge on any atom is 0.326 e. The summed E-state index contributed by atoms with van der Waals surface area (Å²) >= 11 is 0. The third-order valence-corrected chi connectivity index (χ3v) is 1.25. The predicted molar refractivity (Wildman–Crippen MR) is 39.1 cm³/mol. The van der Waals surface area contributed by atoms with Crippen LogP contribution in [-0.2, 0) is 14.4 Å². The molecule has 12 heavy (non-hydrogen) atoms. The molecule has 0 aliphatic rings. The summed E-state index contributed by atoms with van der Waals surface area (Å²) in [6.45, 7) is 0. The third-order valence-electron chi connectivity index (χ3n) is 1.25. The van der Waals surface area contributed by atoms with Gasteiger partial charge in [0, 0.05) is 6.42 Å². The van der Waals surface area contributed by atoms with E-state index in [2.05, 4.69) is 0 Å². The number of nitrogens with one attached hydrogen (secondary N) is 1. The van der Waals surface area contributed by atoms with Crippen LogP contribution in [0.5, 0.6) is 0 Å². The number of rotatable bonds is 6. The molecule has 0 aromatic carbocycles. The number of aliphatic carboxylic acids is 1. The van der Waals surface area contributed by atoms with Crippen LogP contribution >= 0.6 is 0 Å². The van der Waals surface area contributed by atoms with Crippen LogP contribution < -0.4 is 11.1 Å². The molecule has 0 aromatic rings. The first-order valence-electron chi connectivity index (χ1n) is 3.28. The Bertz CT molecular complexity index is 192. The van der Waals surface area contributed by atoms with Crippen molar-refractivity contribution < 1.29 is 19.5 Å². The van der Waals surface area contributed by atoms with Crippen LogP contribution in [0.2, 0.25) is 0 Å². The van der Waals surface area contributed by atoms with Crippen LogP contribution in [0.1, 0.15) is 12.8 Å². The maximum atomic E-state index is 10.3. The number of carboxylic acid groups (broad SMARTS) is 1. The van der Waals surface area contributed by atoms with Gasteiger partial charge in [-0.25, -0.2) is 4.79 Å². The van der Waals surface area contributed by atoms with Gasteiger partial charge < -0.3 is 16.2 Å². The highest BCUT2D eigenvalue weighted by atomic mass is 16.4. The zero-order valence-electron chi connectivity index (χ0n) is 6.32. The van der Waals surface area contributed by atoms with Crippen molar-refractivity contribution >= 4 is 18.3 Å². The lowest BCUT2D eigenvalue weighted by Gasteiger charge is -2.08. The van der Waals surface area contributed by atoms with Gasteiger partial charge >= 0.3 is 5.97 Å². The molecule has 0 saturated heterocycles. The van der Waals surface area contributed by atoms with Gasteiger partial charge in [0.05, 0.1) is 0 Å². The SMILES string of the molecule is NC(=O)CC[C@@H](NC=O)C(=O)O. The Labute approximate surface area is 68.7 Å². The predicted octanol–water partition coefficient (Wildman–Crippen LogP) is -1.55. The lowest BCUT2D eigenvalue weighted by molar-refractivity contribution is -0.140. The largest absolute Gasteiger partial charge is 0.480 e. The molecule has 6 heteroatoms. The first-order valence-corrected chi connectivity index (χ1v) is 3.28. The first-order chi connectivity index (χ1) is 5.57. The molecule has 4 N–H and O–H groups in total. The van der Waals surface area contributed by atoms with Crippen molar-refractivity contribution in [2.75, 3.05) is 0 Å². The van der Waals surface area contributed by atoms with Gasteiger partial charge in [0.1, 0.15) is 6.04 Å². The molecule has 0 aliphatic carbocycles. The monoisotopic (exact) mass is 174 g/mol. The highest BCUT2D eigenvalue weighted by Gasteiger charge is 2.16. The van der Waals surface area contributed by atoms with Crippen LogP contribution in [0, 0.1) is 0 Å². The third kappa shape index (κ3) is 4.26. The van der Waals surface area contributed by atoms with E-state index in [-0.39, 0.29) is 19.3 Å². The molecule has 0 unspecified atom stereocenters.